The van der Waals surface area contributed by atoms with Crippen LogP contribution in [0.2, 0.25) is 5.02 Å². The minimum absolute atomic E-state index is 0.155. The molecule has 0 aromatic heterocycles. The molecule has 19 heavy (non-hydrogen) atoms. The third-order valence-corrected chi connectivity index (χ3v) is 2.97. The Balaban J connectivity index is 2.01. The van der Waals surface area contributed by atoms with Gasteiger partial charge in [-0.3, -0.25) is 0 Å². The molecular weight excluding hydrogens is 264 g/mol. The van der Waals surface area contributed by atoms with Crippen molar-refractivity contribution in [3.05, 3.63) is 59.1 Å². The Morgan fingerprint density at radius 1 is 1.11 bits per heavy atom. The van der Waals surface area contributed by atoms with Crippen LogP contribution < -0.4 is 9.47 Å². The van der Waals surface area contributed by atoms with Gasteiger partial charge >= 0.3 is 0 Å². The highest BCUT2D eigenvalue weighted by molar-refractivity contribution is 6.30. The molecule has 0 heterocycles. The average molecular weight is 279 g/mol. The molecular formula is C15H15ClO3. The van der Waals surface area contributed by atoms with Gasteiger partial charge in [-0.15, -0.1) is 0 Å². The summed E-state index contributed by atoms with van der Waals surface area (Å²) in [6.07, 6.45) is -0.744. The van der Waals surface area contributed by atoms with Gasteiger partial charge in [0.25, 0.3) is 0 Å². The van der Waals surface area contributed by atoms with Crippen LogP contribution in [0, 0.1) is 0 Å². The normalized spacial score (nSPS) is 11.9. The lowest BCUT2D eigenvalue weighted by Crippen LogP contribution is -2.10. The first-order valence-electron chi connectivity index (χ1n) is 5.90. The number of benzene rings is 2. The molecule has 100 valence electrons. The van der Waals surface area contributed by atoms with Crippen LogP contribution in [0.15, 0.2) is 48.5 Å². The maximum atomic E-state index is 10.1. The van der Waals surface area contributed by atoms with Crippen LogP contribution in [-0.4, -0.2) is 18.8 Å². The Morgan fingerprint density at radius 2 is 1.79 bits per heavy atom. The molecule has 4 heteroatoms. The minimum Gasteiger partial charge on any atom is -0.496 e. The molecule has 3 nitrogen and oxygen atoms in total. The number of ether oxygens (including phenoxy) is 2. The standard InChI is InChI=1S/C15H15ClO3/c1-18-15-5-3-2-4-13(15)14(17)10-19-12-8-6-11(16)7-9-12/h2-9,14,17H,10H2,1H3. The van der Waals surface area contributed by atoms with Crippen LogP contribution in [0.4, 0.5) is 0 Å². The predicted molar refractivity (Wildman–Crippen MR) is 74.9 cm³/mol. The fourth-order valence-electron chi connectivity index (χ4n) is 1.74. The molecule has 2 aromatic rings. The molecule has 0 spiro atoms. The van der Waals surface area contributed by atoms with Crippen molar-refractivity contribution in [2.45, 2.75) is 6.10 Å². The van der Waals surface area contributed by atoms with Crippen molar-refractivity contribution in [1.29, 1.82) is 0 Å². The number of para-hydroxylation sites is 1. The third-order valence-electron chi connectivity index (χ3n) is 2.72. The van der Waals surface area contributed by atoms with E-state index in [-0.39, 0.29) is 6.61 Å². The number of rotatable bonds is 5. The lowest BCUT2D eigenvalue weighted by atomic mass is 10.1. The summed E-state index contributed by atoms with van der Waals surface area (Å²) in [5, 5.41) is 10.8. The lowest BCUT2D eigenvalue weighted by Gasteiger charge is -2.15. The molecule has 0 radical (unpaired) electrons. The molecule has 0 aliphatic rings. The van der Waals surface area contributed by atoms with Gasteiger partial charge in [0, 0.05) is 10.6 Å². The molecule has 0 saturated heterocycles. The molecule has 2 rings (SSSR count). The first kappa shape index (κ1) is 13.7. The van der Waals surface area contributed by atoms with Gasteiger partial charge < -0.3 is 14.6 Å². The van der Waals surface area contributed by atoms with Gasteiger partial charge in [-0.05, 0) is 30.3 Å². The SMILES string of the molecule is COc1ccccc1C(O)COc1ccc(Cl)cc1. The second-order valence-corrected chi connectivity index (χ2v) is 4.46. The van der Waals surface area contributed by atoms with Crippen molar-refractivity contribution in [2.24, 2.45) is 0 Å². The molecule has 0 aliphatic heterocycles. The summed E-state index contributed by atoms with van der Waals surface area (Å²) in [5.74, 6) is 1.31. The number of hydrogen-bond acceptors (Lipinski definition) is 3. The van der Waals surface area contributed by atoms with Gasteiger partial charge in [-0.1, -0.05) is 29.8 Å². The molecule has 1 atom stereocenters. The maximum Gasteiger partial charge on any atom is 0.124 e. The first-order valence-corrected chi connectivity index (χ1v) is 6.28. The third kappa shape index (κ3) is 3.63. The Hall–Kier alpha value is -1.71. The molecule has 1 N–H and O–H groups in total. The zero-order valence-electron chi connectivity index (χ0n) is 10.5. The second-order valence-electron chi connectivity index (χ2n) is 4.02. The maximum absolute atomic E-state index is 10.1. The van der Waals surface area contributed by atoms with E-state index < -0.39 is 6.10 Å². The quantitative estimate of drug-likeness (QED) is 0.910. The molecule has 0 bridgehead atoms. The number of halogens is 1. The van der Waals surface area contributed by atoms with Crippen LogP contribution >= 0.6 is 11.6 Å². The Kier molecular flexibility index (Phi) is 4.66. The summed E-state index contributed by atoms with van der Waals surface area (Å²) in [7, 11) is 1.58. The zero-order chi connectivity index (χ0) is 13.7. The fraction of sp³-hybridized carbons (Fsp3) is 0.200. The van der Waals surface area contributed by atoms with E-state index in [0.29, 0.717) is 22.1 Å². The molecule has 0 aliphatic carbocycles. The summed E-state index contributed by atoms with van der Waals surface area (Å²) in [6.45, 7) is 0.155. The smallest absolute Gasteiger partial charge is 0.124 e. The summed E-state index contributed by atoms with van der Waals surface area (Å²) < 4.78 is 10.7. The molecule has 0 amide bonds. The number of aliphatic hydroxyl groups is 1. The molecule has 0 saturated carbocycles. The summed E-state index contributed by atoms with van der Waals surface area (Å²) in [5.41, 5.74) is 0.707. The van der Waals surface area contributed by atoms with E-state index in [2.05, 4.69) is 0 Å². The highest BCUT2D eigenvalue weighted by atomic mass is 35.5. The number of hydrogen-bond donors (Lipinski definition) is 1. The van der Waals surface area contributed by atoms with Gasteiger partial charge in [-0.25, -0.2) is 0 Å². The van der Waals surface area contributed by atoms with E-state index in [0.717, 1.165) is 0 Å². The summed E-state index contributed by atoms with van der Waals surface area (Å²) in [6, 6.07) is 14.3. The monoisotopic (exact) mass is 278 g/mol. The van der Waals surface area contributed by atoms with E-state index >= 15 is 0 Å². The van der Waals surface area contributed by atoms with E-state index in [1.54, 1.807) is 37.4 Å². The minimum atomic E-state index is -0.744. The highest BCUT2D eigenvalue weighted by Crippen LogP contribution is 2.25. The van der Waals surface area contributed by atoms with Crippen molar-refractivity contribution in [3.8, 4) is 11.5 Å². The lowest BCUT2D eigenvalue weighted by molar-refractivity contribution is 0.106. The zero-order valence-corrected chi connectivity index (χ0v) is 11.3. The van der Waals surface area contributed by atoms with Crippen molar-refractivity contribution in [3.63, 3.8) is 0 Å². The molecule has 1 unspecified atom stereocenters. The molecule has 0 fully saturated rings. The summed E-state index contributed by atoms with van der Waals surface area (Å²) in [4.78, 5) is 0. The van der Waals surface area contributed by atoms with Gasteiger partial charge in [0.2, 0.25) is 0 Å². The average Bonchev–Trinajstić information content (AvgIpc) is 2.46. The van der Waals surface area contributed by atoms with Crippen molar-refractivity contribution >= 4 is 11.6 Å². The number of aliphatic hydroxyl groups excluding tert-OH is 1. The van der Waals surface area contributed by atoms with Gasteiger partial charge in [-0.2, -0.15) is 0 Å². The van der Waals surface area contributed by atoms with Crippen LogP contribution in [0.1, 0.15) is 11.7 Å². The van der Waals surface area contributed by atoms with Gasteiger partial charge in [0.05, 0.1) is 7.11 Å². The van der Waals surface area contributed by atoms with E-state index in [9.17, 15) is 5.11 Å². The highest BCUT2D eigenvalue weighted by Gasteiger charge is 2.13. The fourth-order valence-corrected chi connectivity index (χ4v) is 1.86. The van der Waals surface area contributed by atoms with Crippen molar-refractivity contribution in [1.82, 2.24) is 0 Å². The Morgan fingerprint density at radius 3 is 2.47 bits per heavy atom. The Labute approximate surface area is 117 Å². The van der Waals surface area contributed by atoms with E-state index in [1.165, 1.54) is 0 Å². The van der Waals surface area contributed by atoms with Gasteiger partial charge in [0.15, 0.2) is 0 Å². The van der Waals surface area contributed by atoms with Crippen LogP contribution in [0.5, 0.6) is 11.5 Å². The van der Waals surface area contributed by atoms with E-state index in [4.69, 9.17) is 21.1 Å². The first-order chi connectivity index (χ1) is 9.20. The predicted octanol–water partition coefficient (Wildman–Crippen LogP) is 3.46. The summed E-state index contributed by atoms with van der Waals surface area (Å²) >= 11 is 5.79. The van der Waals surface area contributed by atoms with Crippen molar-refractivity contribution in [2.75, 3.05) is 13.7 Å². The van der Waals surface area contributed by atoms with Crippen LogP contribution in [-0.2, 0) is 0 Å². The molecule has 2 aromatic carbocycles. The number of methoxy groups -OCH3 is 1. The Bertz CT molecular complexity index is 525. The van der Waals surface area contributed by atoms with Crippen LogP contribution in [0.25, 0.3) is 0 Å². The topological polar surface area (TPSA) is 38.7 Å². The van der Waals surface area contributed by atoms with E-state index in [1.807, 2.05) is 18.2 Å². The largest absolute Gasteiger partial charge is 0.496 e. The van der Waals surface area contributed by atoms with Crippen LogP contribution in [0.3, 0.4) is 0 Å². The van der Waals surface area contributed by atoms with Crippen molar-refractivity contribution < 1.29 is 14.6 Å². The van der Waals surface area contributed by atoms with Gasteiger partial charge in [0.1, 0.15) is 24.2 Å². The second kappa shape index (κ2) is 6.45.